The first-order valence-corrected chi connectivity index (χ1v) is 7.89. The topological polar surface area (TPSA) is 70.0 Å². The van der Waals surface area contributed by atoms with E-state index in [1.807, 2.05) is 6.07 Å². The van der Waals surface area contributed by atoms with Crippen molar-refractivity contribution in [3.63, 3.8) is 0 Å². The number of sulfone groups is 1. The van der Waals surface area contributed by atoms with Crippen molar-refractivity contribution < 1.29 is 12.8 Å². The van der Waals surface area contributed by atoms with Gasteiger partial charge in [-0.3, -0.25) is 0 Å². The minimum atomic E-state index is -3.46. The lowest BCUT2D eigenvalue weighted by molar-refractivity contribution is 0.596. The Morgan fingerprint density at radius 1 is 1.14 bits per heavy atom. The molecule has 0 fully saturated rings. The molecule has 2 rings (SSSR count). The normalized spacial score (nSPS) is 10.9. The lowest BCUT2D eigenvalue weighted by Gasteiger charge is -2.07. The lowest BCUT2D eigenvalue weighted by atomic mass is 10.2. The molecule has 0 atom stereocenters. The third-order valence-corrected chi connectivity index (χ3v) is 4.58. The lowest BCUT2D eigenvalue weighted by Crippen LogP contribution is -2.16. The van der Waals surface area contributed by atoms with Crippen LogP contribution in [0.3, 0.4) is 0 Å². The van der Waals surface area contributed by atoms with Gasteiger partial charge in [-0.2, -0.15) is 5.26 Å². The van der Waals surface area contributed by atoms with Gasteiger partial charge in [0.25, 0.3) is 0 Å². The largest absolute Gasteiger partial charge is 0.384 e. The van der Waals surface area contributed by atoms with Crippen LogP contribution in [-0.4, -0.2) is 20.7 Å². The SMILES string of the molecule is N#Cc1cccc(S(=O)(=O)CCNc2ccc(F)cc2)c1. The van der Waals surface area contributed by atoms with Gasteiger partial charge < -0.3 is 5.32 Å². The third-order valence-electron chi connectivity index (χ3n) is 2.87. The van der Waals surface area contributed by atoms with Crippen molar-refractivity contribution in [3.05, 3.63) is 59.9 Å². The Kier molecular flexibility index (Phi) is 4.55. The first-order chi connectivity index (χ1) is 10.0. The van der Waals surface area contributed by atoms with Gasteiger partial charge in [-0.1, -0.05) is 6.07 Å². The van der Waals surface area contributed by atoms with E-state index in [1.165, 1.54) is 36.4 Å². The fraction of sp³-hybridized carbons (Fsp3) is 0.133. The molecule has 0 saturated heterocycles. The Balaban J connectivity index is 2.01. The zero-order valence-electron chi connectivity index (χ0n) is 11.1. The Bertz CT molecular complexity index is 765. The van der Waals surface area contributed by atoms with E-state index < -0.39 is 9.84 Å². The highest BCUT2D eigenvalue weighted by molar-refractivity contribution is 7.91. The first-order valence-electron chi connectivity index (χ1n) is 6.24. The van der Waals surface area contributed by atoms with Gasteiger partial charge in [0.05, 0.1) is 22.3 Å². The number of rotatable bonds is 5. The van der Waals surface area contributed by atoms with Crippen LogP contribution in [0.5, 0.6) is 0 Å². The second-order valence-corrected chi connectivity index (χ2v) is 6.50. The molecule has 0 spiro atoms. The number of anilines is 1. The van der Waals surface area contributed by atoms with Crippen LogP contribution in [0.1, 0.15) is 5.56 Å². The van der Waals surface area contributed by atoms with Gasteiger partial charge in [-0.25, -0.2) is 12.8 Å². The van der Waals surface area contributed by atoms with Crippen LogP contribution in [0.4, 0.5) is 10.1 Å². The number of hydrogen-bond donors (Lipinski definition) is 1. The molecule has 0 amide bonds. The fourth-order valence-corrected chi connectivity index (χ4v) is 2.97. The number of nitrogens with zero attached hydrogens (tertiary/aromatic N) is 1. The molecule has 0 heterocycles. The molecule has 0 aliphatic rings. The summed E-state index contributed by atoms with van der Waals surface area (Å²) in [6.07, 6.45) is 0. The molecule has 0 radical (unpaired) electrons. The van der Waals surface area contributed by atoms with E-state index in [-0.39, 0.29) is 23.0 Å². The third kappa shape index (κ3) is 4.04. The minimum absolute atomic E-state index is 0.112. The van der Waals surface area contributed by atoms with E-state index >= 15 is 0 Å². The molecule has 0 aromatic heterocycles. The molecule has 6 heteroatoms. The Morgan fingerprint density at radius 2 is 1.86 bits per heavy atom. The zero-order chi connectivity index (χ0) is 15.3. The summed E-state index contributed by atoms with van der Waals surface area (Å²) in [4.78, 5) is 0.127. The van der Waals surface area contributed by atoms with Crippen molar-refractivity contribution in [2.24, 2.45) is 0 Å². The summed E-state index contributed by atoms with van der Waals surface area (Å²) < 4.78 is 37.0. The molecule has 21 heavy (non-hydrogen) atoms. The van der Waals surface area contributed by atoms with Crippen molar-refractivity contribution in [1.29, 1.82) is 5.26 Å². The van der Waals surface area contributed by atoms with Crippen molar-refractivity contribution in [1.82, 2.24) is 0 Å². The van der Waals surface area contributed by atoms with Crippen LogP contribution in [0.2, 0.25) is 0 Å². The fourth-order valence-electron chi connectivity index (χ4n) is 1.77. The Hall–Kier alpha value is -2.39. The van der Waals surface area contributed by atoms with E-state index in [1.54, 1.807) is 12.1 Å². The summed E-state index contributed by atoms with van der Waals surface area (Å²) in [5.74, 6) is -0.458. The molecular weight excluding hydrogens is 291 g/mol. The standard InChI is InChI=1S/C15H13FN2O2S/c16-13-4-6-14(7-5-13)18-8-9-21(19,20)15-3-1-2-12(10-15)11-17/h1-7,10,18H,8-9H2. The summed E-state index contributed by atoms with van der Waals surface area (Å²) in [5.41, 5.74) is 0.958. The quantitative estimate of drug-likeness (QED) is 0.921. The number of nitrogens with one attached hydrogen (secondary N) is 1. The molecule has 0 bridgehead atoms. The molecule has 108 valence electrons. The highest BCUT2D eigenvalue weighted by atomic mass is 32.2. The summed E-state index contributed by atoms with van der Waals surface area (Å²) in [6, 6.07) is 13.5. The highest BCUT2D eigenvalue weighted by Crippen LogP contribution is 2.13. The van der Waals surface area contributed by atoms with Gasteiger partial charge in [-0.05, 0) is 42.5 Å². The van der Waals surface area contributed by atoms with Crippen LogP contribution in [0.15, 0.2) is 53.4 Å². The number of benzene rings is 2. The molecule has 2 aromatic carbocycles. The molecule has 1 N–H and O–H groups in total. The van der Waals surface area contributed by atoms with Crippen molar-refractivity contribution >= 4 is 15.5 Å². The van der Waals surface area contributed by atoms with Crippen molar-refractivity contribution in [2.75, 3.05) is 17.6 Å². The maximum atomic E-state index is 12.7. The van der Waals surface area contributed by atoms with Crippen LogP contribution in [0.25, 0.3) is 0 Å². The van der Waals surface area contributed by atoms with Crippen LogP contribution in [0, 0.1) is 17.1 Å². The molecule has 0 aliphatic heterocycles. The zero-order valence-corrected chi connectivity index (χ0v) is 11.9. The average molecular weight is 304 g/mol. The summed E-state index contributed by atoms with van der Waals surface area (Å²) in [5, 5.41) is 11.7. The first kappa shape index (κ1) is 15.0. The predicted molar refractivity (Wildman–Crippen MR) is 78.1 cm³/mol. The molecule has 4 nitrogen and oxygen atoms in total. The van der Waals surface area contributed by atoms with Crippen molar-refractivity contribution in [2.45, 2.75) is 4.90 Å². The van der Waals surface area contributed by atoms with E-state index in [9.17, 15) is 12.8 Å². The molecular formula is C15H13FN2O2S. The number of hydrogen-bond acceptors (Lipinski definition) is 4. The average Bonchev–Trinajstić information content (AvgIpc) is 2.49. The van der Waals surface area contributed by atoms with Crippen LogP contribution in [-0.2, 0) is 9.84 Å². The summed E-state index contributed by atoms with van der Waals surface area (Å²) in [7, 11) is -3.46. The summed E-state index contributed by atoms with van der Waals surface area (Å²) in [6.45, 7) is 0.199. The maximum absolute atomic E-state index is 12.7. The monoisotopic (exact) mass is 304 g/mol. The molecule has 2 aromatic rings. The second kappa shape index (κ2) is 6.37. The highest BCUT2D eigenvalue weighted by Gasteiger charge is 2.14. The van der Waals surface area contributed by atoms with E-state index in [4.69, 9.17) is 5.26 Å². The molecule has 0 aliphatic carbocycles. The molecule has 0 unspecified atom stereocenters. The van der Waals surface area contributed by atoms with Gasteiger partial charge in [-0.15, -0.1) is 0 Å². The van der Waals surface area contributed by atoms with Crippen molar-refractivity contribution in [3.8, 4) is 6.07 Å². The smallest absolute Gasteiger partial charge is 0.180 e. The van der Waals surface area contributed by atoms with Crippen LogP contribution < -0.4 is 5.32 Å². The Labute approximate surface area is 122 Å². The van der Waals surface area contributed by atoms with Gasteiger partial charge in [0.2, 0.25) is 0 Å². The van der Waals surface area contributed by atoms with Gasteiger partial charge in [0.15, 0.2) is 9.84 Å². The van der Waals surface area contributed by atoms with Gasteiger partial charge in [0, 0.05) is 12.2 Å². The maximum Gasteiger partial charge on any atom is 0.180 e. The van der Waals surface area contributed by atoms with E-state index in [0.717, 1.165) is 0 Å². The number of halogens is 1. The van der Waals surface area contributed by atoms with E-state index in [2.05, 4.69) is 5.32 Å². The van der Waals surface area contributed by atoms with E-state index in [0.29, 0.717) is 11.3 Å². The van der Waals surface area contributed by atoms with Gasteiger partial charge >= 0.3 is 0 Å². The Morgan fingerprint density at radius 3 is 2.52 bits per heavy atom. The predicted octanol–water partition coefficient (Wildman–Crippen LogP) is 2.58. The minimum Gasteiger partial charge on any atom is -0.384 e. The number of nitriles is 1. The van der Waals surface area contributed by atoms with Gasteiger partial charge in [0.1, 0.15) is 5.82 Å². The van der Waals surface area contributed by atoms with Crippen LogP contribution >= 0.6 is 0 Å². The molecule has 0 saturated carbocycles. The second-order valence-electron chi connectivity index (χ2n) is 4.39. The summed E-state index contributed by atoms with van der Waals surface area (Å²) >= 11 is 0.